The third kappa shape index (κ3) is 3.93. The SMILES string of the molecule is CCC(C)c1ccc(NC(=O)CN2C(=O)NC(C(C)C)C2=O)cc1. The van der Waals surface area contributed by atoms with E-state index in [1.807, 2.05) is 38.1 Å². The summed E-state index contributed by atoms with van der Waals surface area (Å²) in [6, 6.07) is 6.56. The zero-order valence-corrected chi connectivity index (χ0v) is 14.6. The summed E-state index contributed by atoms with van der Waals surface area (Å²) < 4.78 is 0. The van der Waals surface area contributed by atoms with E-state index >= 15 is 0 Å². The van der Waals surface area contributed by atoms with Crippen LogP contribution in [0, 0.1) is 5.92 Å². The predicted octanol–water partition coefficient (Wildman–Crippen LogP) is 2.72. The molecule has 130 valence electrons. The van der Waals surface area contributed by atoms with E-state index in [1.165, 1.54) is 5.56 Å². The average Bonchev–Trinajstić information content (AvgIpc) is 2.83. The fraction of sp³-hybridized carbons (Fsp3) is 0.500. The smallest absolute Gasteiger partial charge is 0.325 e. The number of rotatable bonds is 6. The van der Waals surface area contributed by atoms with E-state index < -0.39 is 12.1 Å². The quantitative estimate of drug-likeness (QED) is 0.787. The molecule has 1 aliphatic rings. The molecular weight excluding hydrogens is 306 g/mol. The molecule has 2 atom stereocenters. The van der Waals surface area contributed by atoms with Gasteiger partial charge >= 0.3 is 6.03 Å². The summed E-state index contributed by atoms with van der Waals surface area (Å²) in [4.78, 5) is 37.1. The summed E-state index contributed by atoms with van der Waals surface area (Å²) in [6.07, 6.45) is 1.05. The molecule has 0 saturated carbocycles. The molecule has 1 saturated heterocycles. The van der Waals surface area contributed by atoms with E-state index in [4.69, 9.17) is 0 Å². The summed E-state index contributed by atoms with van der Waals surface area (Å²) in [5.74, 6) is -0.285. The zero-order chi connectivity index (χ0) is 17.9. The number of carbonyl (C=O) groups excluding carboxylic acids is 3. The van der Waals surface area contributed by atoms with Crippen molar-refractivity contribution in [1.29, 1.82) is 0 Å². The lowest BCUT2D eigenvalue weighted by Gasteiger charge is -2.15. The number of nitrogens with one attached hydrogen (secondary N) is 2. The van der Waals surface area contributed by atoms with Crippen LogP contribution in [0.2, 0.25) is 0 Å². The van der Waals surface area contributed by atoms with Crippen LogP contribution in [-0.2, 0) is 9.59 Å². The highest BCUT2D eigenvalue weighted by Crippen LogP contribution is 2.20. The van der Waals surface area contributed by atoms with E-state index in [0.717, 1.165) is 11.3 Å². The number of benzene rings is 1. The number of anilines is 1. The average molecular weight is 331 g/mol. The lowest BCUT2D eigenvalue weighted by molar-refractivity contribution is -0.131. The van der Waals surface area contributed by atoms with Gasteiger partial charge in [-0.3, -0.25) is 14.5 Å². The lowest BCUT2D eigenvalue weighted by Crippen LogP contribution is -2.39. The summed E-state index contributed by atoms with van der Waals surface area (Å²) in [5, 5.41) is 5.33. The fourth-order valence-corrected chi connectivity index (χ4v) is 2.62. The molecule has 6 heteroatoms. The Kier molecular flexibility index (Phi) is 5.59. The maximum absolute atomic E-state index is 12.2. The van der Waals surface area contributed by atoms with Gasteiger partial charge in [0, 0.05) is 5.69 Å². The molecule has 2 rings (SSSR count). The van der Waals surface area contributed by atoms with Crippen molar-refractivity contribution in [1.82, 2.24) is 10.2 Å². The van der Waals surface area contributed by atoms with Gasteiger partial charge in [-0.05, 0) is 36.0 Å². The third-order valence-electron chi connectivity index (χ3n) is 4.40. The molecule has 2 N–H and O–H groups in total. The van der Waals surface area contributed by atoms with Gasteiger partial charge in [0.1, 0.15) is 12.6 Å². The largest absolute Gasteiger partial charge is 0.326 e. The van der Waals surface area contributed by atoms with Crippen molar-refractivity contribution in [3.8, 4) is 0 Å². The molecule has 0 spiro atoms. The van der Waals surface area contributed by atoms with Crippen LogP contribution in [-0.4, -0.2) is 35.3 Å². The number of hydrogen-bond donors (Lipinski definition) is 2. The number of urea groups is 1. The van der Waals surface area contributed by atoms with Crippen LogP contribution in [0.15, 0.2) is 24.3 Å². The molecule has 1 aromatic rings. The molecule has 2 unspecified atom stereocenters. The Balaban J connectivity index is 1.96. The van der Waals surface area contributed by atoms with Gasteiger partial charge in [-0.2, -0.15) is 0 Å². The summed E-state index contributed by atoms with van der Waals surface area (Å²) in [6.45, 7) is 7.71. The second kappa shape index (κ2) is 7.47. The normalized spacial score (nSPS) is 18.7. The van der Waals surface area contributed by atoms with Gasteiger partial charge in [-0.15, -0.1) is 0 Å². The molecule has 0 bridgehead atoms. The van der Waals surface area contributed by atoms with Crippen LogP contribution in [0.3, 0.4) is 0 Å². The molecule has 1 aromatic carbocycles. The molecule has 24 heavy (non-hydrogen) atoms. The fourth-order valence-electron chi connectivity index (χ4n) is 2.62. The molecule has 0 aromatic heterocycles. The van der Waals surface area contributed by atoms with Gasteiger partial charge in [-0.1, -0.05) is 39.8 Å². The van der Waals surface area contributed by atoms with Gasteiger partial charge < -0.3 is 10.6 Å². The molecule has 1 aliphatic heterocycles. The monoisotopic (exact) mass is 331 g/mol. The van der Waals surface area contributed by atoms with Crippen molar-refractivity contribution in [2.24, 2.45) is 5.92 Å². The predicted molar refractivity (Wildman–Crippen MR) is 92.6 cm³/mol. The Labute approximate surface area is 142 Å². The minimum Gasteiger partial charge on any atom is -0.326 e. The third-order valence-corrected chi connectivity index (χ3v) is 4.40. The van der Waals surface area contributed by atoms with Crippen LogP contribution in [0.25, 0.3) is 0 Å². The van der Waals surface area contributed by atoms with Gasteiger partial charge in [0.15, 0.2) is 0 Å². The number of nitrogens with zero attached hydrogens (tertiary/aromatic N) is 1. The van der Waals surface area contributed by atoms with Crippen molar-refractivity contribution < 1.29 is 14.4 Å². The summed E-state index contributed by atoms with van der Waals surface area (Å²) in [5.41, 5.74) is 1.86. The molecule has 0 radical (unpaired) electrons. The van der Waals surface area contributed by atoms with Crippen molar-refractivity contribution in [2.75, 3.05) is 11.9 Å². The Morgan fingerprint density at radius 2 is 1.83 bits per heavy atom. The van der Waals surface area contributed by atoms with Crippen LogP contribution < -0.4 is 10.6 Å². The zero-order valence-electron chi connectivity index (χ0n) is 14.6. The number of carbonyl (C=O) groups is 3. The first-order valence-electron chi connectivity index (χ1n) is 8.35. The molecule has 0 aliphatic carbocycles. The molecule has 4 amide bonds. The van der Waals surface area contributed by atoms with E-state index in [0.29, 0.717) is 11.6 Å². The van der Waals surface area contributed by atoms with Crippen LogP contribution in [0.5, 0.6) is 0 Å². The Hall–Kier alpha value is -2.37. The van der Waals surface area contributed by atoms with Gasteiger partial charge in [0.2, 0.25) is 5.91 Å². The van der Waals surface area contributed by atoms with E-state index in [-0.39, 0.29) is 24.3 Å². The van der Waals surface area contributed by atoms with Crippen molar-refractivity contribution in [3.63, 3.8) is 0 Å². The van der Waals surface area contributed by atoms with E-state index in [9.17, 15) is 14.4 Å². The second-order valence-electron chi connectivity index (χ2n) is 6.58. The first-order valence-corrected chi connectivity index (χ1v) is 8.35. The highest BCUT2D eigenvalue weighted by Gasteiger charge is 2.40. The summed E-state index contributed by atoms with van der Waals surface area (Å²) >= 11 is 0. The standard InChI is InChI=1S/C18H25N3O3/c1-5-12(4)13-6-8-14(9-7-13)19-15(22)10-21-17(23)16(11(2)3)20-18(21)24/h6-9,11-12,16H,5,10H2,1-4H3,(H,19,22)(H,20,24). The second-order valence-corrected chi connectivity index (χ2v) is 6.58. The van der Waals surface area contributed by atoms with Crippen LogP contribution in [0.1, 0.15) is 45.6 Å². The molecule has 6 nitrogen and oxygen atoms in total. The van der Waals surface area contributed by atoms with Crippen LogP contribution in [0.4, 0.5) is 10.5 Å². The number of imide groups is 1. The van der Waals surface area contributed by atoms with Gasteiger partial charge in [-0.25, -0.2) is 4.79 Å². The van der Waals surface area contributed by atoms with E-state index in [1.54, 1.807) is 0 Å². The Bertz CT molecular complexity index is 625. The Morgan fingerprint density at radius 3 is 2.33 bits per heavy atom. The molecule has 1 fully saturated rings. The minimum atomic E-state index is -0.555. The van der Waals surface area contributed by atoms with Crippen molar-refractivity contribution in [2.45, 2.75) is 46.1 Å². The number of hydrogen-bond acceptors (Lipinski definition) is 3. The molecular formula is C18H25N3O3. The Morgan fingerprint density at radius 1 is 1.21 bits per heavy atom. The van der Waals surface area contributed by atoms with Gasteiger partial charge in [0.05, 0.1) is 0 Å². The van der Waals surface area contributed by atoms with Crippen molar-refractivity contribution >= 4 is 23.5 Å². The van der Waals surface area contributed by atoms with Crippen LogP contribution >= 0.6 is 0 Å². The topological polar surface area (TPSA) is 78.5 Å². The maximum Gasteiger partial charge on any atom is 0.325 e. The first kappa shape index (κ1) is 18.0. The highest BCUT2D eigenvalue weighted by atomic mass is 16.2. The first-order chi connectivity index (χ1) is 11.3. The van der Waals surface area contributed by atoms with E-state index in [2.05, 4.69) is 24.5 Å². The van der Waals surface area contributed by atoms with Crippen molar-refractivity contribution in [3.05, 3.63) is 29.8 Å². The highest BCUT2D eigenvalue weighted by molar-refractivity contribution is 6.08. The molecule has 1 heterocycles. The maximum atomic E-state index is 12.2. The lowest BCUT2D eigenvalue weighted by atomic mass is 9.99. The van der Waals surface area contributed by atoms with Gasteiger partial charge in [0.25, 0.3) is 5.91 Å². The summed E-state index contributed by atoms with van der Waals surface area (Å²) in [7, 11) is 0. The number of amides is 4. The minimum absolute atomic E-state index is 0.0115.